The Morgan fingerprint density at radius 3 is 2.55 bits per heavy atom. The maximum absolute atomic E-state index is 12.7. The maximum Gasteiger partial charge on any atom is 0.272 e. The average Bonchev–Trinajstić information content (AvgIpc) is 3.27. The number of likely N-dealkylation sites (tertiary alicyclic amines) is 1. The molecule has 5 heteroatoms. The van der Waals surface area contributed by atoms with Gasteiger partial charge in [-0.05, 0) is 79.1 Å². The minimum atomic E-state index is 0. The van der Waals surface area contributed by atoms with Gasteiger partial charge in [0.2, 0.25) is 0 Å². The van der Waals surface area contributed by atoms with E-state index >= 15 is 0 Å². The lowest BCUT2D eigenvalue weighted by Gasteiger charge is -2.29. The van der Waals surface area contributed by atoms with Crippen LogP contribution in [0.25, 0.3) is 11.1 Å². The number of halogens is 1. The molecule has 3 heterocycles. The molecule has 0 spiro atoms. The average molecular weight is 462 g/mol. The van der Waals surface area contributed by atoms with E-state index in [9.17, 15) is 4.79 Å². The van der Waals surface area contributed by atoms with Crippen LogP contribution in [-0.2, 0) is 19.4 Å². The lowest BCUT2D eigenvalue weighted by atomic mass is 9.94. The number of carbonyl (C=O) groups excluding carboxylic acids is 1. The van der Waals surface area contributed by atoms with Crippen LogP contribution in [0.3, 0.4) is 0 Å². The van der Waals surface area contributed by atoms with E-state index in [-0.39, 0.29) is 18.3 Å². The maximum atomic E-state index is 12.7. The molecular formula is C28H32ClN3O. The Kier molecular flexibility index (Phi) is 7.46. The molecule has 2 aliphatic heterocycles. The fourth-order valence-corrected chi connectivity index (χ4v) is 5.02. The predicted octanol–water partition coefficient (Wildman–Crippen LogP) is 5.40. The highest BCUT2D eigenvalue weighted by atomic mass is 35.5. The van der Waals surface area contributed by atoms with E-state index in [1.54, 1.807) is 12.3 Å². The van der Waals surface area contributed by atoms with Gasteiger partial charge in [-0.3, -0.25) is 9.78 Å². The molecule has 33 heavy (non-hydrogen) atoms. The summed E-state index contributed by atoms with van der Waals surface area (Å²) in [5.41, 5.74) is 7.03. The second-order valence-corrected chi connectivity index (χ2v) is 9.15. The Labute approximate surface area is 203 Å². The molecule has 1 aromatic heterocycles. The number of benzene rings is 2. The number of amides is 1. The molecule has 4 nitrogen and oxygen atoms in total. The van der Waals surface area contributed by atoms with Crippen LogP contribution in [0.1, 0.15) is 46.9 Å². The first-order chi connectivity index (χ1) is 15.7. The molecule has 1 atom stereocenters. The van der Waals surface area contributed by atoms with E-state index in [0.717, 1.165) is 32.0 Å². The highest BCUT2D eigenvalue weighted by Crippen LogP contribution is 2.27. The summed E-state index contributed by atoms with van der Waals surface area (Å²) in [5.74, 6) is 0.0132. The smallest absolute Gasteiger partial charge is 0.272 e. The summed E-state index contributed by atoms with van der Waals surface area (Å²) in [6.45, 7) is 6.14. The minimum absolute atomic E-state index is 0. The molecule has 0 N–H and O–H groups in total. The van der Waals surface area contributed by atoms with Crippen LogP contribution in [0.4, 0.5) is 0 Å². The first-order valence-electron chi connectivity index (χ1n) is 11.8. The zero-order valence-corrected chi connectivity index (χ0v) is 20.1. The van der Waals surface area contributed by atoms with Crippen molar-refractivity contribution in [1.29, 1.82) is 0 Å². The molecule has 0 bridgehead atoms. The highest BCUT2D eigenvalue weighted by molar-refractivity contribution is 5.92. The molecule has 0 unspecified atom stereocenters. The van der Waals surface area contributed by atoms with Crippen LogP contribution in [0.2, 0.25) is 0 Å². The quantitative estimate of drug-likeness (QED) is 0.510. The van der Waals surface area contributed by atoms with Crippen molar-refractivity contribution in [3.8, 4) is 11.1 Å². The van der Waals surface area contributed by atoms with Crippen molar-refractivity contribution in [3.05, 3.63) is 89.2 Å². The number of rotatable bonds is 5. The zero-order valence-electron chi connectivity index (χ0n) is 19.2. The summed E-state index contributed by atoms with van der Waals surface area (Å²) < 4.78 is 0. The van der Waals surface area contributed by atoms with Crippen molar-refractivity contribution in [3.63, 3.8) is 0 Å². The first kappa shape index (κ1) is 23.5. The van der Waals surface area contributed by atoms with Gasteiger partial charge in [-0.15, -0.1) is 12.4 Å². The molecule has 0 aliphatic carbocycles. The number of aromatic nitrogens is 1. The van der Waals surface area contributed by atoms with E-state index in [0.29, 0.717) is 12.2 Å². The number of carbonyl (C=O) groups is 1. The summed E-state index contributed by atoms with van der Waals surface area (Å²) in [7, 11) is 0. The lowest BCUT2D eigenvalue weighted by molar-refractivity contribution is 0.0729. The molecule has 1 saturated heterocycles. The number of fused-ring (bicyclic) bond motifs is 1. The van der Waals surface area contributed by atoms with Gasteiger partial charge < -0.3 is 9.80 Å². The minimum Gasteiger partial charge on any atom is -0.333 e. The molecule has 1 fully saturated rings. The molecule has 172 valence electrons. The van der Waals surface area contributed by atoms with Gasteiger partial charge in [0.05, 0.1) is 0 Å². The summed E-state index contributed by atoms with van der Waals surface area (Å²) in [4.78, 5) is 21.5. The van der Waals surface area contributed by atoms with Crippen molar-refractivity contribution in [1.82, 2.24) is 14.8 Å². The van der Waals surface area contributed by atoms with Crippen molar-refractivity contribution in [2.24, 2.45) is 0 Å². The van der Waals surface area contributed by atoms with E-state index in [2.05, 4.69) is 59.3 Å². The van der Waals surface area contributed by atoms with E-state index in [4.69, 9.17) is 0 Å². The van der Waals surface area contributed by atoms with Gasteiger partial charge in [0, 0.05) is 31.9 Å². The second kappa shape index (κ2) is 10.5. The first-order valence-corrected chi connectivity index (χ1v) is 11.8. The van der Waals surface area contributed by atoms with Crippen molar-refractivity contribution < 1.29 is 4.79 Å². The lowest BCUT2D eigenvalue weighted by Crippen LogP contribution is -2.36. The summed E-state index contributed by atoms with van der Waals surface area (Å²) >= 11 is 0. The van der Waals surface area contributed by atoms with Gasteiger partial charge in [-0.2, -0.15) is 0 Å². The van der Waals surface area contributed by atoms with Crippen molar-refractivity contribution in [2.45, 2.75) is 45.2 Å². The van der Waals surface area contributed by atoms with Gasteiger partial charge in [0.15, 0.2) is 0 Å². The van der Waals surface area contributed by atoms with Crippen LogP contribution in [0.5, 0.6) is 0 Å². The predicted molar refractivity (Wildman–Crippen MR) is 136 cm³/mol. The largest absolute Gasteiger partial charge is 0.333 e. The van der Waals surface area contributed by atoms with Crippen LogP contribution in [0, 0.1) is 0 Å². The van der Waals surface area contributed by atoms with Crippen molar-refractivity contribution in [2.75, 3.05) is 19.6 Å². The molecule has 1 amide bonds. The Morgan fingerprint density at radius 2 is 1.82 bits per heavy atom. The van der Waals surface area contributed by atoms with E-state index < -0.39 is 0 Å². The zero-order chi connectivity index (χ0) is 21.9. The SMILES string of the molecule is C[C@@H]1CCCN1CCc1ccc(-c2ccc3c(c2)CCN(C(=O)c2ccccn2)C3)cc1.Cl. The van der Waals surface area contributed by atoms with Gasteiger partial charge in [-0.1, -0.05) is 48.5 Å². The topological polar surface area (TPSA) is 36.4 Å². The normalized spacial score (nSPS) is 18.0. The molecule has 3 aromatic rings. The Bertz CT molecular complexity index is 1080. The number of hydrogen-bond acceptors (Lipinski definition) is 3. The van der Waals surface area contributed by atoms with Crippen LogP contribution in [0.15, 0.2) is 66.9 Å². The van der Waals surface area contributed by atoms with E-state index in [1.165, 1.54) is 47.2 Å². The molecule has 2 aromatic carbocycles. The Morgan fingerprint density at radius 1 is 1.00 bits per heavy atom. The fraction of sp³-hybridized carbons (Fsp3) is 0.357. The summed E-state index contributed by atoms with van der Waals surface area (Å²) in [6.07, 6.45) is 6.36. The van der Waals surface area contributed by atoms with Gasteiger partial charge in [0.25, 0.3) is 5.91 Å². The van der Waals surface area contributed by atoms with Crippen molar-refractivity contribution >= 4 is 18.3 Å². The Hall–Kier alpha value is -2.69. The standard InChI is InChI=1S/C28H31N3O.ClH/c1-21-5-4-16-30(21)17-13-22-7-9-23(10-8-22)24-11-12-26-20-31(18-14-25(26)19-24)28(32)27-6-2-3-15-29-27;/h2-3,6-12,15,19,21H,4-5,13-14,16-18,20H2,1H3;1H/t21-;/m1./s1. The van der Waals surface area contributed by atoms with Gasteiger partial charge in [-0.25, -0.2) is 0 Å². The molecule has 5 rings (SSSR count). The Balaban J connectivity index is 0.00000259. The van der Waals surface area contributed by atoms with Crippen LogP contribution >= 0.6 is 12.4 Å². The number of pyridine rings is 1. The molecule has 0 radical (unpaired) electrons. The second-order valence-electron chi connectivity index (χ2n) is 9.15. The number of nitrogens with zero attached hydrogens (tertiary/aromatic N) is 3. The third kappa shape index (κ3) is 5.29. The molecule has 0 saturated carbocycles. The summed E-state index contributed by atoms with van der Waals surface area (Å²) in [5, 5.41) is 0. The molecule has 2 aliphatic rings. The third-order valence-electron chi connectivity index (χ3n) is 7.06. The van der Waals surface area contributed by atoms with Gasteiger partial charge >= 0.3 is 0 Å². The van der Waals surface area contributed by atoms with Crippen LogP contribution < -0.4 is 0 Å². The monoisotopic (exact) mass is 461 g/mol. The highest BCUT2D eigenvalue weighted by Gasteiger charge is 2.23. The number of hydrogen-bond donors (Lipinski definition) is 0. The van der Waals surface area contributed by atoms with Crippen LogP contribution in [-0.4, -0.2) is 46.4 Å². The molecular weight excluding hydrogens is 430 g/mol. The fourth-order valence-electron chi connectivity index (χ4n) is 5.02. The summed E-state index contributed by atoms with van der Waals surface area (Å²) in [6, 6.07) is 22.0. The van der Waals surface area contributed by atoms with Gasteiger partial charge in [0.1, 0.15) is 5.69 Å². The third-order valence-corrected chi connectivity index (χ3v) is 7.06. The van der Waals surface area contributed by atoms with E-state index in [1.807, 2.05) is 17.0 Å².